The van der Waals surface area contributed by atoms with Gasteiger partial charge in [-0.15, -0.1) is 0 Å². The van der Waals surface area contributed by atoms with E-state index in [1.54, 1.807) is 0 Å². The first-order valence-corrected chi connectivity index (χ1v) is 23.7. The molecule has 13 rings (SSSR count). The van der Waals surface area contributed by atoms with Crippen LogP contribution < -0.4 is 0 Å². The first kappa shape index (κ1) is 41.5. The summed E-state index contributed by atoms with van der Waals surface area (Å²) in [5, 5.41) is 4.49. The van der Waals surface area contributed by atoms with Gasteiger partial charge < -0.3 is 4.42 Å². The predicted molar refractivity (Wildman–Crippen MR) is 289 cm³/mol. The molecule has 3 aromatic heterocycles. The number of hydrogen-bond acceptors (Lipinski definition) is 6. The van der Waals surface area contributed by atoms with Gasteiger partial charge in [0.25, 0.3) is 0 Å². The van der Waals surface area contributed by atoms with Crippen LogP contribution in [0.2, 0.25) is 0 Å². The number of rotatable bonds is 9. The molecular formula is C65H41N5O. The number of nitrogens with zero attached hydrogens (tertiary/aromatic N) is 5. The minimum Gasteiger partial charge on any atom is -0.456 e. The zero-order valence-corrected chi connectivity index (χ0v) is 38.3. The average Bonchev–Trinajstić information content (AvgIpc) is 3.85. The Balaban J connectivity index is 0.889. The van der Waals surface area contributed by atoms with E-state index in [0.717, 1.165) is 105 Å². The van der Waals surface area contributed by atoms with Crippen molar-refractivity contribution in [3.8, 4) is 101 Å². The number of furan rings is 1. The molecule has 71 heavy (non-hydrogen) atoms. The molecule has 0 aliphatic heterocycles. The van der Waals surface area contributed by atoms with Crippen LogP contribution >= 0.6 is 0 Å². The first-order valence-electron chi connectivity index (χ1n) is 23.7. The van der Waals surface area contributed by atoms with Gasteiger partial charge in [-0.05, 0) is 86.6 Å². The minimum atomic E-state index is 0.589. The fourth-order valence-corrected chi connectivity index (χ4v) is 9.51. The Morgan fingerprint density at radius 2 is 0.620 bits per heavy atom. The van der Waals surface area contributed by atoms with Crippen LogP contribution in [0.3, 0.4) is 0 Å². The van der Waals surface area contributed by atoms with Crippen LogP contribution in [-0.4, -0.2) is 24.9 Å². The minimum absolute atomic E-state index is 0.589. The Kier molecular flexibility index (Phi) is 10.4. The second-order valence-corrected chi connectivity index (χ2v) is 17.7. The van der Waals surface area contributed by atoms with E-state index in [9.17, 15) is 0 Å². The van der Waals surface area contributed by atoms with Gasteiger partial charge in [0.15, 0.2) is 23.3 Å². The van der Waals surface area contributed by atoms with Crippen LogP contribution in [0.15, 0.2) is 253 Å². The van der Waals surface area contributed by atoms with Crippen molar-refractivity contribution in [3.05, 3.63) is 249 Å². The van der Waals surface area contributed by atoms with E-state index < -0.39 is 0 Å². The van der Waals surface area contributed by atoms with E-state index in [-0.39, 0.29) is 0 Å². The molecule has 0 N–H and O–H groups in total. The van der Waals surface area contributed by atoms with Crippen LogP contribution in [0.1, 0.15) is 0 Å². The SMILES string of the molecule is c1ccc(-c2ccc(-c3nc(-c4ccc(-c5ccccc5)cc4)nc(-c4cccc(-c5cccc(-c6cc(-c7ccc8oc9ccc%10ccccc%10c9c8c7)nc(-c7ccccc7)n6)c5)c4)n3)cc2)cc1. The number of fused-ring (bicyclic) bond motifs is 5. The molecule has 6 nitrogen and oxygen atoms in total. The Morgan fingerprint density at radius 1 is 0.225 bits per heavy atom. The van der Waals surface area contributed by atoms with Gasteiger partial charge in [-0.1, -0.05) is 206 Å². The molecule has 3 heterocycles. The van der Waals surface area contributed by atoms with Crippen molar-refractivity contribution in [2.75, 3.05) is 0 Å². The van der Waals surface area contributed by atoms with Crippen molar-refractivity contribution in [3.63, 3.8) is 0 Å². The summed E-state index contributed by atoms with van der Waals surface area (Å²) >= 11 is 0. The highest BCUT2D eigenvalue weighted by Crippen LogP contribution is 2.38. The van der Waals surface area contributed by atoms with Gasteiger partial charge in [0.05, 0.1) is 11.4 Å². The van der Waals surface area contributed by atoms with E-state index in [0.29, 0.717) is 23.3 Å². The van der Waals surface area contributed by atoms with Crippen molar-refractivity contribution in [1.82, 2.24) is 24.9 Å². The van der Waals surface area contributed by atoms with E-state index in [1.807, 2.05) is 30.3 Å². The fourth-order valence-electron chi connectivity index (χ4n) is 9.51. The lowest BCUT2D eigenvalue weighted by molar-refractivity contribution is 0.669. The zero-order valence-electron chi connectivity index (χ0n) is 38.3. The highest BCUT2D eigenvalue weighted by molar-refractivity contribution is 6.19. The standard InChI is InChI=1S/C65H41N5O/c1-4-14-42(15-5-1)44-26-30-48(31-27-44)63-68-64(49-32-28-45(29-33-49)43-16-6-2-7-17-43)70-65(69-63)54-24-13-22-51(39-54)50-21-12-23-52(38-50)57-41-58(67-62(66-57)47-19-8-3-9-20-47)53-35-36-59-56(40-53)61-55-25-11-10-18-46(55)34-37-60(61)71-59/h1-41H. The van der Waals surface area contributed by atoms with Gasteiger partial charge in [-0.2, -0.15) is 0 Å². The largest absolute Gasteiger partial charge is 0.456 e. The fraction of sp³-hybridized carbons (Fsp3) is 0. The lowest BCUT2D eigenvalue weighted by Crippen LogP contribution is -2.00. The quantitative estimate of drug-likeness (QED) is 0.144. The second kappa shape index (κ2) is 17.8. The molecule has 13 aromatic rings. The van der Waals surface area contributed by atoms with Crippen LogP contribution in [0.4, 0.5) is 0 Å². The van der Waals surface area contributed by atoms with Crippen LogP contribution in [-0.2, 0) is 0 Å². The van der Waals surface area contributed by atoms with Gasteiger partial charge in [-0.3, -0.25) is 0 Å². The summed E-state index contributed by atoms with van der Waals surface area (Å²) in [7, 11) is 0. The lowest BCUT2D eigenvalue weighted by Gasteiger charge is -2.12. The van der Waals surface area contributed by atoms with E-state index in [1.165, 1.54) is 5.39 Å². The summed E-state index contributed by atoms with van der Waals surface area (Å²) in [5.41, 5.74) is 15.6. The number of hydrogen-bond donors (Lipinski definition) is 0. The first-order chi connectivity index (χ1) is 35.1. The van der Waals surface area contributed by atoms with Crippen LogP contribution in [0.25, 0.3) is 134 Å². The highest BCUT2D eigenvalue weighted by atomic mass is 16.3. The molecule has 0 spiro atoms. The second-order valence-electron chi connectivity index (χ2n) is 17.7. The summed E-state index contributed by atoms with van der Waals surface area (Å²) in [5.74, 6) is 2.45. The monoisotopic (exact) mass is 907 g/mol. The van der Waals surface area contributed by atoms with Gasteiger partial charge in [0.2, 0.25) is 0 Å². The molecule has 0 saturated carbocycles. The summed E-state index contributed by atoms with van der Waals surface area (Å²) in [6, 6.07) is 85.9. The smallest absolute Gasteiger partial charge is 0.164 e. The molecule has 0 unspecified atom stereocenters. The number of benzene rings is 10. The maximum Gasteiger partial charge on any atom is 0.164 e. The van der Waals surface area contributed by atoms with Crippen molar-refractivity contribution < 1.29 is 4.42 Å². The highest BCUT2D eigenvalue weighted by Gasteiger charge is 2.17. The molecule has 6 heteroatoms. The van der Waals surface area contributed by atoms with Crippen molar-refractivity contribution in [2.45, 2.75) is 0 Å². The summed E-state index contributed by atoms with van der Waals surface area (Å²) in [6.45, 7) is 0. The van der Waals surface area contributed by atoms with Crippen LogP contribution in [0, 0.1) is 0 Å². The normalized spacial score (nSPS) is 11.4. The van der Waals surface area contributed by atoms with Crippen LogP contribution in [0.5, 0.6) is 0 Å². The van der Waals surface area contributed by atoms with Crippen molar-refractivity contribution >= 4 is 32.7 Å². The third kappa shape index (κ3) is 8.09. The van der Waals surface area contributed by atoms with Gasteiger partial charge in [0.1, 0.15) is 11.2 Å². The lowest BCUT2D eigenvalue weighted by atomic mass is 9.98. The van der Waals surface area contributed by atoms with Crippen molar-refractivity contribution in [1.29, 1.82) is 0 Å². The maximum atomic E-state index is 6.37. The molecule has 0 radical (unpaired) electrons. The van der Waals surface area contributed by atoms with Gasteiger partial charge in [-0.25, -0.2) is 24.9 Å². The average molecular weight is 908 g/mol. The maximum absolute atomic E-state index is 6.37. The molecule has 10 aromatic carbocycles. The molecule has 0 aliphatic rings. The molecule has 0 fully saturated rings. The predicted octanol–water partition coefficient (Wildman–Crippen LogP) is 16.7. The molecule has 0 aliphatic carbocycles. The molecule has 0 saturated heterocycles. The summed E-state index contributed by atoms with van der Waals surface area (Å²) in [4.78, 5) is 25.8. The zero-order chi connectivity index (χ0) is 47.1. The molecule has 332 valence electrons. The molecule has 0 bridgehead atoms. The Labute approximate surface area is 410 Å². The Bertz CT molecular complexity index is 3980. The van der Waals surface area contributed by atoms with E-state index >= 15 is 0 Å². The Hall–Kier alpha value is -9.65. The van der Waals surface area contributed by atoms with E-state index in [4.69, 9.17) is 29.3 Å². The van der Waals surface area contributed by atoms with Gasteiger partial charge >= 0.3 is 0 Å². The topological polar surface area (TPSA) is 77.6 Å². The van der Waals surface area contributed by atoms with Gasteiger partial charge in [0, 0.05) is 44.2 Å². The Morgan fingerprint density at radius 3 is 1.23 bits per heavy atom. The molecule has 0 atom stereocenters. The molecular weight excluding hydrogens is 867 g/mol. The summed E-state index contributed by atoms with van der Waals surface area (Å²) in [6.07, 6.45) is 0. The van der Waals surface area contributed by atoms with Crippen molar-refractivity contribution in [2.24, 2.45) is 0 Å². The summed E-state index contributed by atoms with van der Waals surface area (Å²) < 4.78 is 6.37. The number of aromatic nitrogens is 5. The third-order valence-corrected chi connectivity index (χ3v) is 13.2. The van der Waals surface area contributed by atoms with E-state index in [2.05, 4.69) is 218 Å². The molecule has 0 amide bonds. The third-order valence-electron chi connectivity index (χ3n) is 13.2.